The fourth-order valence-electron chi connectivity index (χ4n) is 1.74. The minimum atomic E-state index is -0.923. The second kappa shape index (κ2) is 8.70. The monoisotopic (exact) mass is 329 g/mol. The first-order valence-corrected chi connectivity index (χ1v) is 7.33. The zero-order valence-electron chi connectivity index (χ0n) is 11.7. The van der Waals surface area contributed by atoms with Crippen molar-refractivity contribution in [3.05, 3.63) is 39.9 Å². The van der Waals surface area contributed by atoms with Crippen molar-refractivity contribution in [3.8, 4) is 0 Å². The highest BCUT2D eigenvalue weighted by atomic mass is 35.5. The summed E-state index contributed by atoms with van der Waals surface area (Å²) >= 11 is 11.8. The summed E-state index contributed by atoms with van der Waals surface area (Å²) in [6.07, 6.45) is 3.69. The van der Waals surface area contributed by atoms with Crippen molar-refractivity contribution in [1.29, 1.82) is 0 Å². The summed E-state index contributed by atoms with van der Waals surface area (Å²) in [5, 5.41) is 9.68. The van der Waals surface area contributed by atoms with E-state index in [1.807, 2.05) is 6.92 Å². The van der Waals surface area contributed by atoms with E-state index in [2.05, 4.69) is 0 Å². The van der Waals surface area contributed by atoms with E-state index in [4.69, 9.17) is 28.3 Å². The molecule has 0 spiro atoms. The number of carboxylic acid groups (broad SMARTS) is 1. The Morgan fingerprint density at radius 2 is 2.00 bits per heavy atom. The number of halogens is 2. The third kappa shape index (κ3) is 6.19. The Bertz CT molecular complexity index is 544. The smallest absolute Gasteiger partial charge is 0.305 e. The van der Waals surface area contributed by atoms with E-state index in [0.29, 0.717) is 22.2 Å². The van der Waals surface area contributed by atoms with Crippen LogP contribution in [0.3, 0.4) is 0 Å². The molecular weight excluding hydrogens is 313 g/mol. The number of hydrogen-bond acceptors (Lipinski definition) is 2. The lowest BCUT2D eigenvalue weighted by Crippen LogP contribution is -2.32. The molecule has 0 saturated carbocycles. The molecule has 0 aliphatic rings. The first-order valence-electron chi connectivity index (χ1n) is 6.58. The molecule has 0 fully saturated rings. The van der Waals surface area contributed by atoms with Gasteiger partial charge in [0.15, 0.2) is 0 Å². The summed E-state index contributed by atoms with van der Waals surface area (Å²) in [5.41, 5.74) is 0.684. The Labute approximate surface area is 134 Å². The van der Waals surface area contributed by atoms with Crippen LogP contribution in [-0.4, -0.2) is 35.0 Å². The average Bonchev–Trinajstić information content (AvgIpc) is 2.42. The molecule has 0 heterocycles. The molecule has 21 heavy (non-hydrogen) atoms. The van der Waals surface area contributed by atoms with Crippen LogP contribution >= 0.6 is 23.2 Å². The Kier molecular flexibility index (Phi) is 7.26. The van der Waals surface area contributed by atoms with E-state index in [1.54, 1.807) is 24.3 Å². The van der Waals surface area contributed by atoms with Gasteiger partial charge in [0, 0.05) is 29.2 Å². The van der Waals surface area contributed by atoms with Crippen LogP contribution in [0.5, 0.6) is 0 Å². The maximum absolute atomic E-state index is 12.1. The fourth-order valence-corrected chi connectivity index (χ4v) is 2.21. The second-order valence-corrected chi connectivity index (χ2v) is 5.31. The molecule has 1 amide bonds. The average molecular weight is 330 g/mol. The molecule has 4 nitrogen and oxygen atoms in total. The minimum Gasteiger partial charge on any atom is -0.481 e. The summed E-state index contributed by atoms with van der Waals surface area (Å²) in [5.74, 6) is -1.15. The maximum atomic E-state index is 12.1. The van der Waals surface area contributed by atoms with Gasteiger partial charge in [-0.1, -0.05) is 36.2 Å². The zero-order valence-corrected chi connectivity index (χ0v) is 13.2. The minimum absolute atomic E-state index is 0.0682. The summed E-state index contributed by atoms with van der Waals surface area (Å²) in [4.78, 5) is 24.2. The van der Waals surface area contributed by atoms with Gasteiger partial charge in [0.2, 0.25) is 5.91 Å². The van der Waals surface area contributed by atoms with E-state index in [0.717, 1.165) is 6.42 Å². The summed E-state index contributed by atoms with van der Waals surface area (Å²) in [7, 11) is 0. The molecule has 0 unspecified atom stereocenters. The van der Waals surface area contributed by atoms with E-state index >= 15 is 0 Å². The van der Waals surface area contributed by atoms with Crippen molar-refractivity contribution < 1.29 is 14.7 Å². The third-order valence-corrected chi connectivity index (χ3v) is 3.33. The Morgan fingerprint density at radius 3 is 2.57 bits per heavy atom. The van der Waals surface area contributed by atoms with Gasteiger partial charge in [0.05, 0.1) is 6.42 Å². The number of carbonyl (C=O) groups is 2. The first-order chi connectivity index (χ1) is 9.93. The number of nitrogens with zero attached hydrogens (tertiary/aromatic N) is 1. The largest absolute Gasteiger partial charge is 0.481 e. The van der Waals surface area contributed by atoms with Crippen LogP contribution in [0.25, 0.3) is 6.08 Å². The van der Waals surface area contributed by atoms with Gasteiger partial charge in [-0.15, -0.1) is 0 Å². The van der Waals surface area contributed by atoms with Gasteiger partial charge in [-0.25, -0.2) is 0 Å². The van der Waals surface area contributed by atoms with E-state index in [1.165, 1.54) is 11.0 Å². The SMILES string of the molecule is CCCN(CCC(=O)O)C(=O)/C=C/c1ccc(Cl)cc1Cl. The van der Waals surface area contributed by atoms with Crippen molar-refractivity contribution in [2.24, 2.45) is 0 Å². The molecule has 0 aliphatic heterocycles. The topological polar surface area (TPSA) is 57.6 Å². The lowest BCUT2D eigenvalue weighted by atomic mass is 10.2. The quantitative estimate of drug-likeness (QED) is 0.775. The van der Waals surface area contributed by atoms with Gasteiger partial charge in [-0.2, -0.15) is 0 Å². The third-order valence-electron chi connectivity index (χ3n) is 2.77. The van der Waals surface area contributed by atoms with Gasteiger partial charge >= 0.3 is 5.97 Å². The van der Waals surface area contributed by atoms with Crippen LogP contribution in [0, 0.1) is 0 Å². The molecule has 0 bridgehead atoms. The summed E-state index contributed by atoms with van der Waals surface area (Å²) in [6, 6.07) is 5.00. The predicted octanol–water partition coefficient (Wildman–Crippen LogP) is 3.72. The Hall–Kier alpha value is -1.52. The molecule has 0 radical (unpaired) electrons. The van der Waals surface area contributed by atoms with E-state index in [-0.39, 0.29) is 18.9 Å². The molecule has 1 N–H and O–H groups in total. The first kappa shape index (κ1) is 17.5. The molecule has 6 heteroatoms. The van der Waals surface area contributed by atoms with Gasteiger partial charge in [-0.3, -0.25) is 9.59 Å². The molecule has 1 aromatic rings. The molecule has 0 saturated heterocycles. The van der Waals surface area contributed by atoms with Crippen LogP contribution in [-0.2, 0) is 9.59 Å². The van der Waals surface area contributed by atoms with Gasteiger partial charge in [0.1, 0.15) is 0 Å². The maximum Gasteiger partial charge on any atom is 0.305 e. The lowest BCUT2D eigenvalue weighted by molar-refractivity contribution is -0.138. The van der Waals surface area contributed by atoms with Gasteiger partial charge < -0.3 is 10.0 Å². The molecule has 0 atom stereocenters. The molecule has 1 aromatic carbocycles. The number of rotatable bonds is 7. The highest BCUT2D eigenvalue weighted by Gasteiger charge is 2.11. The highest BCUT2D eigenvalue weighted by Crippen LogP contribution is 2.22. The fraction of sp³-hybridized carbons (Fsp3) is 0.333. The van der Waals surface area contributed by atoms with Crippen molar-refractivity contribution in [1.82, 2.24) is 4.90 Å². The van der Waals surface area contributed by atoms with Gasteiger partial charge in [-0.05, 0) is 30.2 Å². The summed E-state index contributed by atoms with van der Waals surface area (Å²) in [6.45, 7) is 2.65. The van der Waals surface area contributed by atoms with Gasteiger partial charge in [0.25, 0.3) is 0 Å². The highest BCUT2D eigenvalue weighted by molar-refractivity contribution is 6.35. The van der Waals surface area contributed by atoms with Crippen LogP contribution in [0.1, 0.15) is 25.3 Å². The van der Waals surface area contributed by atoms with E-state index in [9.17, 15) is 9.59 Å². The van der Waals surface area contributed by atoms with Crippen molar-refractivity contribution in [2.45, 2.75) is 19.8 Å². The Balaban J connectivity index is 2.75. The predicted molar refractivity (Wildman–Crippen MR) is 84.6 cm³/mol. The zero-order chi connectivity index (χ0) is 15.8. The van der Waals surface area contributed by atoms with Crippen LogP contribution in [0.4, 0.5) is 0 Å². The summed E-state index contributed by atoms with van der Waals surface area (Å²) < 4.78 is 0. The normalized spacial score (nSPS) is 10.8. The lowest BCUT2D eigenvalue weighted by Gasteiger charge is -2.19. The number of benzene rings is 1. The Morgan fingerprint density at radius 1 is 1.29 bits per heavy atom. The van der Waals surface area contributed by atoms with Crippen molar-refractivity contribution >= 4 is 41.2 Å². The molecule has 0 aromatic heterocycles. The number of carboxylic acids is 1. The molecular formula is C15H17Cl2NO3. The second-order valence-electron chi connectivity index (χ2n) is 4.47. The number of carbonyl (C=O) groups excluding carboxylic acids is 1. The number of aliphatic carboxylic acids is 1. The van der Waals surface area contributed by atoms with Crippen LogP contribution < -0.4 is 0 Å². The molecule has 1 rings (SSSR count). The molecule has 0 aliphatic carbocycles. The van der Waals surface area contributed by atoms with Crippen LogP contribution in [0.2, 0.25) is 10.0 Å². The van der Waals surface area contributed by atoms with Crippen molar-refractivity contribution in [2.75, 3.05) is 13.1 Å². The molecule has 114 valence electrons. The van der Waals surface area contributed by atoms with E-state index < -0.39 is 5.97 Å². The number of amides is 1. The standard InChI is InChI=1S/C15H17Cl2NO3/c1-2-8-18(9-7-15(20)21)14(19)6-4-11-3-5-12(16)10-13(11)17/h3-6,10H,2,7-9H2,1H3,(H,20,21)/b6-4+. The number of hydrogen-bond donors (Lipinski definition) is 1. The van der Waals surface area contributed by atoms with Crippen LogP contribution in [0.15, 0.2) is 24.3 Å². The van der Waals surface area contributed by atoms with Crippen molar-refractivity contribution in [3.63, 3.8) is 0 Å².